The van der Waals surface area contributed by atoms with Crippen LogP contribution in [0.1, 0.15) is 84.5 Å². The second-order valence-electron chi connectivity index (χ2n) is 5.91. The van der Waals surface area contributed by atoms with Crippen LogP contribution in [0.4, 0.5) is 0 Å². The lowest BCUT2D eigenvalue weighted by molar-refractivity contribution is -0.155. The Kier molecular flexibility index (Phi) is 12.9. The Morgan fingerprint density at radius 1 is 0.909 bits per heavy atom. The largest absolute Gasteiger partial charge is 0.481 e. The Balaban J connectivity index is 4.05. The molecular weight excluding hydrogens is 284 g/mol. The van der Waals surface area contributed by atoms with Gasteiger partial charge in [0.25, 0.3) is 0 Å². The number of aliphatic hydroxyl groups is 1. The molecule has 0 aromatic carbocycles. The first-order chi connectivity index (χ1) is 10.5. The molecule has 0 aromatic heterocycles. The van der Waals surface area contributed by atoms with E-state index in [2.05, 4.69) is 13.8 Å². The Hall–Kier alpha value is -1.10. The Bertz CT molecular complexity index is 303. The quantitative estimate of drug-likeness (QED) is 0.377. The fourth-order valence-electron chi connectivity index (χ4n) is 2.35. The van der Waals surface area contributed by atoms with Crippen molar-refractivity contribution in [1.29, 1.82) is 0 Å². The highest BCUT2D eigenvalue weighted by Gasteiger charge is 2.19. The van der Waals surface area contributed by atoms with E-state index in [-0.39, 0.29) is 12.8 Å². The fraction of sp³-hybridized carbons (Fsp3) is 0.882. The second kappa shape index (κ2) is 13.6. The number of carbonyl (C=O) groups is 2. The van der Waals surface area contributed by atoms with Crippen molar-refractivity contribution in [1.82, 2.24) is 0 Å². The minimum absolute atomic E-state index is 0.0456. The number of esters is 1. The van der Waals surface area contributed by atoms with Gasteiger partial charge in [0, 0.05) is 0 Å². The van der Waals surface area contributed by atoms with Crippen LogP contribution in [0.2, 0.25) is 0 Å². The van der Waals surface area contributed by atoms with Crippen molar-refractivity contribution in [2.75, 3.05) is 0 Å². The molecule has 0 aliphatic carbocycles. The fourth-order valence-corrected chi connectivity index (χ4v) is 2.35. The SMILES string of the molecule is CCCCCCC(O)CC(=O)OC(CCCCC)CC(=O)O. The molecule has 0 radical (unpaired) electrons. The van der Waals surface area contributed by atoms with Crippen LogP contribution in [0.15, 0.2) is 0 Å². The lowest BCUT2D eigenvalue weighted by Gasteiger charge is -2.17. The predicted molar refractivity (Wildman–Crippen MR) is 85.7 cm³/mol. The van der Waals surface area contributed by atoms with Crippen molar-refractivity contribution in [3.8, 4) is 0 Å². The zero-order chi connectivity index (χ0) is 16.8. The number of carbonyl (C=O) groups excluding carboxylic acids is 1. The lowest BCUT2D eigenvalue weighted by atomic mass is 10.1. The average Bonchev–Trinajstić information content (AvgIpc) is 2.43. The van der Waals surface area contributed by atoms with Crippen LogP contribution in [0.3, 0.4) is 0 Å². The van der Waals surface area contributed by atoms with Gasteiger partial charge in [-0.15, -0.1) is 0 Å². The number of carboxylic acids is 1. The normalized spacial score (nSPS) is 13.6. The van der Waals surface area contributed by atoms with Crippen molar-refractivity contribution >= 4 is 11.9 Å². The maximum Gasteiger partial charge on any atom is 0.308 e. The number of ether oxygens (including phenoxy) is 1. The number of rotatable bonds is 14. The van der Waals surface area contributed by atoms with Crippen LogP contribution in [0.25, 0.3) is 0 Å². The summed E-state index contributed by atoms with van der Waals surface area (Å²) in [6, 6.07) is 0. The molecule has 0 saturated carbocycles. The van der Waals surface area contributed by atoms with Crippen LogP contribution in [0.5, 0.6) is 0 Å². The molecular formula is C17H32O5. The summed E-state index contributed by atoms with van der Waals surface area (Å²) in [5.41, 5.74) is 0. The van der Waals surface area contributed by atoms with Crippen LogP contribution in [-0.4, -0.2) is 34.4 Å². The molecule has 5 heteroatoms. The molecule has 130 valence electrons. The standard InChI is InChI=1S/C17H32O5/c1-3-5-7-9-10-14(18)12-17(21)22-15(13-16(19)20)11-8-6-4-2/h14-15,18H,3-13H2,1-2H3,(H,19,20). The van der Waals surface area contributed by atoms with Crippen molar-refractivity contribution in [3.63, 3.8) is 0 Å². The van der Waals surface area contributed by atoms with Gasteiger partial charge in [-0.05, 0) is 19.3 Å². The number of hydrogen-bond donors (Lipinski definition) is 2. The third kappa shape index (κ3) is 12.6. The van der Waals surface area contributed by atoms with E-state index in [1.807, 2.05) is 0 Å². The molecule has 0 aliphatic rings. The summed E-state index contributed by atoms with van der Waals surface area (Å²) in [4.78, 5) is 22.6. The van der Waals surface area contributed by atoms with E-state index in [1.54, 1.807) is 0 Å². The van der Waals surface area contributed by atoms with Crippen LogP contribution in [-0.2, 0) is 14.3 Å². The third-order valence-corrected chi connectivity index (χ3v) is 3.62. The Morgan fingerprint density at radius 3 is 2.09 bits per heavy atom. The molecule has 2 N–H and O–H groups in total. The maximum absolute atomic E-state index is 11.8. The second-order valence-corrected chi connectivity index (χ2v) is 5.91. The average molecular weight is 316 g/mol. The van der Waals surface area contributed by atoms with E-state index in [0.29, 0.717) is 12.8 Å². The first-order valence-electron chi connectivity index (χ1n) is 8.58. The Labute approximate surface area is 134 Å². The van der Waals surface area contributed by atoms with Gasteiger partial charge in [0.1, 0.15) is 6.10 Å². The van der Waals surface area contributed by atoms with Gasteiger partial charge in [-0.1, -0.05) is 52.4 Å². The summed E-state index contributed by atoms with van der Waals surface area (Å²) in [7, 11) is 0. The van der Waals surface area contributed by atoms with Crippen LogP contribution < -0.4 is 0 Å². The molecule has 0 spiro atoms. The van der Waals surface area contributed by atoms with Crippen LogP contribution >= 0.6 is 0 Å². The molecule has 22 heavy (non-hydrogen) atoms. The molecule has 0 aromatic rings. The number of carboxylic acid groups (broad SMARTS) is 1. The summed E-state index contributed by atoms with van der Waals surface area (Å²) in [6.45, 7) is 4.18. The predicted octanol–water partition coefficient (Wildman–Crippen LogP) is 3.67. The van der Waals surface area contributed by atoms with Gasteiger partial charge in [0.05, 0.1) is 18.9 Å². The molecule has 2 unspecified atom stereocenters. The van der Waals surface area contributed by atoms with E-state index < -0.39 is 24.1 Å². The molecule has 5 nitrogen and oxygen atoms in total. The first-order valence-corrected chi connectivity index (χ1v) is 8.58. The van der Waals surface area contributed by atoms with Gasteiger partial charge in [0.2, 0.25) is 0 Å². The van der Waals surface area contributed by atoms with E-state index in [4.69, 9.17) is 9.84 Å². The zero-order valence-electron chi connectivity index (χ0n) is 14.1. The van der Waals surface area contributed by atoms with E-state index in [0.717, 1.165) is 44.9 Å². The van der Waals surface area contributed by atoms with Gasteiger partial charge in [-0.3, -0.25) is 9.59 Å². The third-order valence-electron chi connectivity index (χ3n) is 3.62. The molecule has 2 atom stereocenters. The minimum atomic E-state index is -0.964. The summed E-state index contributed by atoms with van der Waals surface area (Å²) in [5.74, 6) is -1.46. The highest BCUT2D eigenvalue weighted by molar-refractivity contribution is 5.71. The van der Waals surface area contributed by atoms with Gasteiger partial charge < -0.3 is 14.9 Å². The molecule has 0 amide bonds. The van der Waals surface area contributed by atoms with Gasteiger partial charge >= 0.3 is 11.9 Å². The number of aliphatic carboxylic acids is 1. The molecule has 0 rings (SSSR count). The van der Waals surface area contributed by atoms with Crippen LogP contribution in [0, 0.1) is 0 Å². The highest BCUT2D eigenvalue weighted by atomic mass is 16.5. The monoisotopic (exact) mass is 316 g/mol. The lowest BCUT2D eigenvalue weighted by Crippen LogP contribution is -2.24. The topological polar surface area (TPSA) is 83.8 Å². The Morgan fingerprint density at radius 2 is 1.50 bits per heavy atom. The molecule has 0 saturated heterocycles. The van der Waals surface area contributed by atoms with Gasteiger partial charge in [-0.2, -0.15) is 0 Å². The van der Waals surface area contributed by atoms with E-state index in [9.17, 15) is 14.7 Å². The molecule has 0 fully saturated rings. The number of aliphatic hydroxyl groups excluding tert-OH is 1. The van der Waals surface area contributed by atoms with Crippen molar-refractivity contribution in [2.45, 2.75) is 96.7 Å². The smallest absolute Gasteiger partial charge is 0.308 e. The van der Waals surface area contributed by atoms with E-state index >= 15 is 0 Å². The summed E-state index contributed by atoms with van der Waals surface area (Å²) in [5, 5.41) is 18.7. The van der Waals surface area contributed by atoms with Crippen molar-refractivity contribution in [2.24, 2.45) is 0 Å². The van der Waals surface area contributed by atoms with Gasteiger partial charge in [-0.25, -0.2) is 0 Å². The first kappa shape index (κ1) is 20.9. The van der Waals surface area contributed by atoms with Crippen molar-refractivity contribution in [3.05, 3.63) is 0 Å². The summed E-state index contributed by atoms with van der Waals surface area (Å²) >= 11 is 0. The van der Waals surface area contributed by atoms with Crippen molar-refractivity contribution < 1.29 is 24.5 Å². The summed E-state index contributed by atoms with van der Waals surface area (Å²) < 4.78 is 5.23. The van der Waals surface area contributed by atoms with E-state index in [1.165, 1.54) is 0 Å². The molecule has 0 aliphatic heterocycles. The minimum Gasteiger partial charge on any atom is -0.481 e. The number of unbranched alkanes of at least 4 members (excludes halogenated alkanes) is 5. The van der Waals surface area contributed by atoms with Gasteiger partial charge in [0.15, 0.2) is 0 Å². The number of hydrogen-bond acceptors (Lipinski definition) is 4. The zero-order valence-corrected chi connectivity index (χ0v) is 14.1. The maximum atomic E-state index is 11.8. The summed E-state index contributed by atoms with van der Waals surface area (Å²) in [6.07, 6.45) is 6.78. The highest BCUT2D eigenvalue weighted by Crippen LogP contribution is 2.14. The molecule has 0 bridgehead atoms. The molecule has 0 heterocycles.